The molecule has 21 heavy (non-hydrogen) atoms. The lowest BCUT2D eigenvalue weighted by Crippen LogP contribution is -2.30. The third kappa shape index (κ3) is 3.45. The van der Waals surface area contributed by atoms with Gasteiger partial charge in [-0.15, -0.1) is 0 Å². The summed E-state index contributed by atoms with van der Waals surface area (Å²) in [5, 5.41) is 9.00. The van der Waals surface area contributed by atoms with E-state index in [1.807, 2.05) is 0 Å². The molecule has 5 nitrogen and oxygen atoms in total. The number of carbonyl (C=O) groups is 2. The second-order valence-electron chi connectivity index (χ2n) is 4.79. The summed E-state index contributed by atoms with van der Waals surface area (Å²) in [6.45, 7) is 0. The number of carboxylic acids is 1. The second-order valence-corrected chi connectivity index (χ2v) is 4.79. The molecule has 0 saturated heterocycles. The summed E-state index contributed by atoms with van der Waals surface area (Å²) < 4.78 is 44.0. The molecule has 1 atom stereocenters. The standard InChI is InChI=1S/C13H12F3NO4/c14-13(15,16)8-5-7(11(17)18)3-4-9(8)21-10(12(19)20)6-1-2-6/h3-6,10H,1-2H2,(H2,17,18)(H,19,20). The summed E-state index contributed by atoms with van der Waals surface area (Å²) in [5.41, 5.74) is 3.40. The lowest BCUT2D eigenvalue weighted by Gasteiger charge is -2.19. The van der Waals surface area contributed by atoms with Crippen LogP contribution in [-0.2, 0) is 11.0 Å². The van der Waals surface area contributed by atoms with Gasteiger partial charge in [0.2, 0.25) is 5.91 Å². The van der Waals surface area contributed by atoms with Crippen LogP contribution in [0.25, 0.3) is 0 Å². The molecule has 0 bridgehead atoms. The Morgan fingerprint density at radius 3 is 2.38 bits per heavy atom. The van der Waals surface area contributed by atoms with Crippen molar-refractivity contribution in [3.05, 3.63) is 29.3 Å². The number of primary amides is 1. The molecule has 1 aromatic carbocycles. The number of carboxylic acid groups (broad SMARTS) is 1. The van der Waals surface area contributed by atoms with Gasteiger partial charge in [0, 0.05) is 11.5 Å². The molecule has 114 valence electrons. The fourth-order valence-corrected chi connectivity index (χ4v) is 1.89. The number of amides is 1. The van der Waals surface area contributed by atoms with Crippen LogP contribution in [0.5, 0.6) is 5.75 Å². The summed E-state index contributed by atoms with van der Waals surface area (Å²) in [6, 6.07) is 2.55. The SMILES string of the molecule is NC(=O)c1ccc(OC(C(=O)O)C2CC2)c(C(F)(F)F)c1. The third-order valence-corrected chi connectivity index (χ3v) is 3.12. The zero-order chi connectivity index (χ0) is 15.8. The van der Waals surface area contributed by atoms with Crippen LogP contribution in [0.2, 0.25) is 0 Å². The van der Waals surface area contributed by atoms with Gasteiger partial charge in [0.15, 0.2) is 6.10 Å². The molecule has 1 fully saturated rings. The molecule has 0 aromatic heterocycles. The van der Waals surface area contributed by atoms with Crippen LogP contribution in [0.3, 0.4) is 0 Å². The molecule has 1 aliphatic rings. The van der Waals surface area contributed by atoms with Crippen LogP contribution in [0, 0.1) is 5.92 Å². The number of carbonyl (C=O) groups excluding carboxylic acids is 1. The van der Waals surface area contributed by atoms with E-state index in [0.29, 0.717) is 18.9 Å². The lowest BCUT2D eigenvalue weighted by atomic mass is 10.1. The number of hydrogen-bond acceptors (Lipinski definition) is 3. The van der Waals surface area contributed by atoms with Gasteiger partial charge in [0.05, 0.1) is 5.56 Å². The van der Waals surface area contributed by atoms with Crippen LogP contribution in [0.15, 0.2) is 18.2 Å². The van der Waals surface area contributed by atoms with Gasteiger partial charge < -0.3 is 15.6 Å². The fraction of sp³-hybridized carbons (Fsp3) is 0.385. The van der Waals surface area contributed by atoms with E-state index in [9.17, 15) is 22.8 Å². The maximum Gasteiger partial charge on any atom is 0.419 e. The van der Waals surface area contributed by atoms with Crippen molar-refractivity contribution in [2.45, 2.75) is 25.1 Å². The van der Waals surface area contributed by atoms with Crippen molar-refractivity contribution in [3.8, 4) is 5.75 Å². The highest BCUT2D eigenvalue weighted by molar-refractivity contribution is 5.93. The summed E-state index contributed by atoms with van der Waals surface area (Å²) >= 11 is 0. The maximum atomic E-state index is 13.0. The molecular formula is C13H12F3NO4. The second kappa shape index (κ2) is 5.27. The Morgan fingerprint density at radius 1 is 1.33 bits per heavy atom. The van der Waals surface area contributed by atoms with Crippen LogP contribution in [0.4, 0.5) is 13.2 Å². The number of halogens is 3. The van der Waals surface area contributed by atoms with E-state index >= 15 is 0 Å². The monoisotopic (exact) mass is 303 g/mol. The van der Waals surface area contributed by atoms with Gasteiger partial charge in [-0.2, -0.15) is 13.2 Å². The van der Waals surface area contributed by atoms with E-state index in [0.717, 1.165) is 12.1 Å². The highest BCUT2D eigenvalue weighted by Crippen LogP contribution is 2.40. The van der Waals surface area contributed by atoms with Crippen LogP contribution >= 0.6 is 0 Å². The van der Waals surface area contributed by atoms with Crippen LogP contribution in [-0.4, -0.2) is 23.1 Å². The molecular weight excluding hydrogens is 291 g/mol. The minimum absolute atomic E-state index is 0.292. The summed E-state index contributed by atoms with van der Waals surface area (Å²) in [5.74, 6) is -3.24. The van der Waals surface area contributed by atoms with E-state index < -0.39 is 35.5 Å². The van der Waals surface area contributed by atoms with Crippen molar-refractivity contribution in [3.63, 3.8) is 0 Å². The molecule has 1 saturated carbocycles. The number of ether oxygens (including phenoxy) is 1. The summed E-state index contributed by atoms with van der Waals surface area (Å²) in [4.78, 5) is 22.0. The maximum absolute atomic E-state index is 13.0. The topological polar surface area (TPSA) is 89.6 Å². The number of rotatable bonds is 5. The van der Waals surface area contributed by atoms with E-state index in [4.69, 9.17) is 15.6 Å². The predicted molar refractivity (Wildman–Crippen MR) is 64.7 cm³/mol. The van der Waals surface area contributed by atoms with Gasteiger partial charge in [-0.3, -0.25) is 4.79 Å². The number of hydrogen-bond donors (Lipinski definition) is 2. The van der Waals surface area contributed by atoms with Gasteiger partial charge >= 0.3 is 12.1 Å². The molecule has 3 N–H and O–H groups in total. The van der Waals surface area contributed by atoms with E-state index in [1.54, 1.807) is 0 Å². The van der Waals surface area contributed by atoms with Crippen molar-refractivity contribution < 1.29 is 32.6 Å². The first kappa shape index (κ1) is 15.1. The van der Waals surface area contributed by atoms with Crippen molar-refractivity contribution in [2.75, 3.05) is 0 Å². The van der Waals surface area contributed by atoms with Crippen molar-refractivity contribution in [1.29, 1.82) is 0 Å². The number of nitrogens with two attached hydrogens (primary N) is 1. The van der Waals surface area contributed by atoms with Crippen molar-refractivity contribution >= 4 is 11.9 Å². The molecule has 8 heteroatoms. The largest absolute Gasteiger partial charge is 0.478 e. The molecule has 1 amide bonds. The third-order valence-electron chi connectivity index (χ3n) is 3.12. The first-order valence-corrected chi connectivity index (χ1v) is 6.10. The fourth-order valence-electron chi connectivity index (χ4n) is 1.89. The summed E-state index contributed by atoms with van der Waals surface area (Å²) in [6.07, 6.45) is -4.92. The Balaban J connectivity index is 2.37. The quantitative estimate of drug-likeness (QED) is 0.871. The normalized spacial score (nSPS) is 16.3. The highest BCUT2D eigenvalue weighted by atomic mass is 19.4. The first-order valence-electron chi connectivity index (χ1n) is 6.10. The Kier molecular flexibility index (Phi) is 3.80. The Hall–Kier alpha value is -2.25. The van der Waals surface area contributed by atoms with Gasteiger partial charge in [0.25, 0.3) is 0 Å². The van der Waals surface area contributed by atoms with E-state index in [2.05, 4.69) is 0 Å². The molecule has 1 aromatic rings. The molecule has 0 aliphatic heterocycles. The molecule has 0 heterocycles. The lowest BCUT2D eigenvalue weighted by molar-refractivity contribution is -0.149. The Morgan fingerprint density at radius 2 is 1.95 bits per heavy atom. The molecule has 1 unspecified atom stereocenters. The molecule has 2 rings (SSSR count). The Labute approximate surface area is 117 Å². The minimum atomic E-state index is -4.78. The zero-order valence-corrected chi connectivity index (χ0v) is 10.7. The van der Waals surface area contributed by atoms with Crippen LogP contribution < -0.4 is 10.5 Å². The predicted octanol–water partition coefficient (Wildman–Crippen LogP) is 2.05. The first-order chi connectivity index (χ1) is 9.70. The number of aliphatic carboxylic acids is 1. The van der Waals surface area contributed by atoms with Gasteiger partial charge in [0.1, 0.15) is 5.75 Å². The summed E-state index contributed by atoms with van der Waals surface area (Å²) in [7, 11) is 0. The van der Waals surface area contributed by atoms with Gasteiger partial charge in [-0.1, -0.05) is 0 Å². The average molecular weight is 303 g/mol. The van der Waals surface area contributed by atoms with Crippen LogP contribution in [0.1, 0.15) is 28.8 Å². The Bertz CT molecular complexity index is 581. The number of benzene rings is 1. The van der Waals surface area contributed by atoms with Crippen molar-refractivity contribution in [1.82, 2.24) is 0 Å². The average Bonchev–Trinajstić information content (AvgIpc) is 3.18. The highest BCUT2D eigenvalue weighted by Gasteiger charge is 2.41. The number of alkyl halides is 3. The molecule has 0 spiro atoms. The molecule has 1 aliphatic carbocycles. The van der Waals surface area contributed by atoms with Gasteiger partial charge in [-0.05, 0) is 31.0 Å². The minimum Gasteiger partial charge on any atom is -0.478 e. The van der Waals surface area contributed by atoms with Crippen molar-refractivity contribution in [2.24, 2.45) is 11.7 Å². The van der Waals surface area contributed by atoms with E-state index in [1.165, 1.54) is 0 Å². The molecule has 0 radical (unpaired) electrons. The smallest absolute Gasteiger partial charge is 0.419 e. The van der Waals surface area contributed by atoms with Gasteiger partial charge in [-0.25, -0.2) is 4.79 Å². The zero-order valence-electron chi connectivity index (χ0n) is 10.7. The van der Waals surface area contributed by atoms with E-state index in [-0.39, 0.29) is 11.5 Å².